The Morgan fingerprint density at radius 1 is 1.09 bits per heavy atom. The maximum absolute atomic E-state index is 5.36. The highest BCUT2D eigenvalue weighted by Crippen LogP contribution is 2.35. The van der Waals surface area contributed by atoms with Crippen LogP contribution in [0.4, 0.5) is 0 Å². The molecule has 0 bridgehead atoms. The first-order chi connectivity index (χ1) is 4.91. The first-order valence-electron chi connectivity index (χ1n) is 4.24. The third-order valence-electron chi connectivity index (χ3n) is 2.78. The van der Waals surface area contributed by atoms with Gasteiger partial charge in [0, 0.05) is 18.7 Å². The van der Waals surface area contributed by atoms with Gasteiger partial charge in [-0.05, 0) is 25.7 Å². The van der Waals surface area contributed by atoms with Crippen molar-refractivity contribution in [2.24, 2.45) is 0 Å². The molecular formula is C8H16ClNO. The summed E-state index contributed by atoms with van der Waals surface area (Å²) in [6, 6.07) is 0. The lowest BCUT2D eigenvalue weighted by Crippen LogP contribution is -2.50. The molecular weight excluding hydrogens is 162 g/mol. The first-order valence-corrected chi connectivity index (χ1v) is 4.24. The number of hydrogen-bond acceptors (Lipinski definition) is 2. The molecule has 1 saturated heterocycles. The van der Waals surface area contributed by atoms with Crippen molar-refractivity contribution in [2.75, 3.05) is 19.8 Å². The lowest BCUT2D eigenvalue weighted by molar-refractivity contribution is 0.128. The number of hydrogen-bond donors (Lipinski definition) is 1. The van der Waals surface area contributed by atoms with Crippen LogP contribution in [0.2, 0.25) is 0 Å². The summed E-state index contributed by atoms with van der Waals surface area (Å²) in [6.45, 7) is 2.93. The van der Waals surface area contributed by atoms with Crippen LogP contribution in [0.3, 0.4) is 0 Å². The Morgan fingerprint density at radius 2 is 1.91 bits per heavy atom. The molecule has 2 rings (SSSR count). The van der Waals surface area contributed by atoms with Gasteiger partial charge in [-0.1, -0.05) is 0 Å². The van der Waals surface area contributed by atoms with E-state index in [9.17, 15) is 0 Å². The van der Waals surface area contributed by atoms with Crippen LogP contribution in [0.5, 0.6) is 0 Å². The molecule has 0 atom stereocenters. The molecule has 2 fully saturated rings. The Hall–Kier alpha value is 0.210. The third kappa shape index (κ3) is 1.86. The molecule has 2 aliphatic rings. The lowest BCUT2D eigenvalue weighted by Gasteiger charge is -2.41. The van der Waals surface area contributed by atoms with Gasteiger partial charge >= 0.3 is 0 Å². The van der Waals surface area contributed by atoms with Gasteiger partial charge in [0.1, 0.15) is 0 Å². The van der Waals surface area contributed by atoms with Crippen molar-refractivity contribution in [1.29, 1.82) is 0 Å². The molecule has 66 valence electrons. The summed E-state index contributed by atoms with van der Waals surface area (Å²) < 4.78 is 5.36. The summed E-state index contributed by atoms with van der Waals surface area (Å²) >= 11 is 0. The molecule has 2 nitrogen and oxygen atoms in total. The van der Waals surface area contributed by atoms with Crippen LogP contribution in [0.25, 0.3) is 0 Å². The average molecular weight is 178 g/mol. The molecule has 0 aromatic heterocycles. The zero-order chi connectivity index (χ0) is 6.86. The van der Waals surface area contributed by atoms with Gasteiger partial charge in [0.2, 0.25) is 0 Å². The summed E-state index contributed by atoms with van der Waals surface area (Å²) in [6.07, 6.45) is 5.38. The van der Waals surface area contributed by atoms with Crippen LogP contribution in [0.15, 0.2) is 0 Å². The van der Waals surface area contributed by atoms with Gasteiger partial charge in [-0.25, -0.2) is 0 Å². The Labute approximate surface area is 74.1 Å². The van der Waals surface area contributed by atoms with E-state index in [-0.39, 0.29) is 12.4 Å². The normalized spacial score (nSPS) is 28.4. The Morgan fingerprint density at radius 3 is 2.55 bits per heavy atom. The Balaban J connectivity index is 0.000000605. The highest BCUT2D eigenvalue weighted by atomic mass is 35.5. The summed E-state index contributed by atoms with van der Waals surface area (Å²) in [5.74, 6) is 0. The van der Waals surface area contributed by atoms with Crippen molar-refractivity contribution >= 4 is 12.4 Å². The largest absolute Gasteiger partial charge is 0.380 e. The number of halogens is 1. The van der Waals surface area contributed by atoms with Gasteiger partial charge in [0.25, 0.3) is 0 Å². The quantitative estimate of drug-likeness (QED) is 0.603. The van der Waals surface area contributed by atoms with Crippen molar-refractivity contribution in [2.45, 2.75) is 31.2 Å². The van der Waals surface area contributed by atoms with Crippen LogP contribution in [0.1, 0.15) is 25.7 Å². The van der Waals surface area contributed by atoms with Crippen LogP contribution in [-0.4, -0.2) is 25.3 Å². The minimum atomic E-state index is 0. The maximum atomic E-state index is 5.36. The molecule has 0 aromatic rings. The molecule has 1 aliphatic heterocycles. The van der Waals surface area contributed by atoms with Crippen LogP contribution in [0, 0.1) is 0 Å². The second-order valence-corrected chi connectivity index (χ2v) is 3.42. The molecule has 1 N–H and O–H groups in total. The summed E-state index contributed by atoms with van der Waals surface area (Å²) in [7, 11) is 0. The predicted molar refractivity (Wildman–Crippen MR) is 47.3 cm³/mol. The molecule has 1 heterocycles. The smallest absolute Gasteiger partial charge is 0.0591 e. The zero-order valence-electron chi connectivity index (χ0n) is 6.77. The topological polar surface area (TPSA) is 21.3 Å². The van der Waals surface area contributed by atoms with Gasteiger partial charge in [-0.2, -0.15) is 0 Å². The van der Waals surface area contributed by atoms with E-state index in [1.165, 1.54) is 25.7 Å². The van der Waals surface area contributed by atoms with E-state index < -0.39 is 0 Å². The second kappa shape index (κ2) is 3.74. The number of nitrogens with one attached hydrogen (secondary N) is 1. The fourth-order valence-corrected chi connectivity index (χ4v) is 1.88. The maximum Gasteiger partial charge on any atom is 0.0591 e. The highest BCUT2D eigenvalue weighted by molar-refractivity contribution is 5.85. The second-order valence-electron chi connectivity index (χ2n) is 3.42. The van der Waals surface area contributed by atoms with Gasteiger partial charge in [0.05, 0.1) is 6.61 Å². The van der Waals surface area contributed by atoms with Crippen molar-refractivity contribution in [1.82, 2.24) is 5.32 Å². The van der Waals surface area contributed by atoms with Gasteiger partial charge in [-0.15, -0.1) is 12.4 Å². The van der Waals surface area contributed by atoms with Crippen LogP contribution in [-0.2, 0) is 4.74 Å². The number of ether oxygens (including phenoxy) is 1. The lowest BCUT2D eigenvalue weighted by atomic mass is 9.75. The van der Waals surface area contributed by atoms with Crippen molar-refractivity contribution < 1.29 is 4.74 Å². The van der Waals surface area contributed by atoms with E-state index in [2.05, 4.69) is 5.32 Å². The average Bonchev–Trinajstić information content (AvgIpc) is 2.08. The van der Waals surface area contributed by atoms with Crippen LogP contribution < -0.4 is 5.32 Å². The third-order valence-corrected chi connectivity index (χ3v) is 2.78. The van der Waals surface area contributed by atoms with Gasteiger partial charge < -0.3 is 10.1 Å². The monoisotopic (exact) mass is 177 g/mol. The van der Waals surface area contributed by atoms with E-state index in [4.69, 9.17) is 4.74 Å². The van der Waals surface area contributed by atoms with Gasteiger partial charge in [-0.3, -0.25) is 0 Å². The molecule has 0 unspecified atom stereocenters. The Bertz CT molecular complexity index is 115. The minimum absolute atomic E-state index is 0. The highest BCUT2D eigenvalue weighted by Gasteiger charge is 2.36. The minimum Gasteiger partial charge on any atom is -0.380 e. The molecule has 0 aromatic carbocycles. The zero-order valence-corrected chi connectivity index (χ0v) is 7.58. The standard InChI is InChI=1S/C8H15NO.ClH/c1-2-8(3-1)4-6-10-7-5-9-8;/h9H,1-7H2;1H. The predicted octanol–water partition coefficient (Wildman–Crippen LogP) is 1.34. The van der Waals surface area contributed by atoms with E-state index >= 15 is 0 Å². The summed E-state index contributed by atoms with van der Waals surface area (Å²) in [5, 5.41) is 3.57. The molecule has 1 spiro atoms. The molecule has 0 amide bonds. The summed E-state index contributed by atoms with van der Waals surface area (Å²) in [5.41, 5.74) is 0.510. The molecule has 11 heavy (non-hydrogen) atoms. The van der Waals surface area contributed by atoms with Gasteiger partial charge in [0.15, 0.2) is 0 Å². The van der Waals surface area contributed by atoms with E-state index in [1.807, 2.05) is 0 Å². The summed E-state index contributed by atoms with van der Waals surface area (Å²) in [4.78, 5) is 0. The number of rotatable bonds is 0. The van der Waals surface area contributed by atoms with Crippen LogP contribution >= 0.6 is 12.4 Å². The van der Waals surface area contributed by atoms with E-state index in [0.29, 0.717) is 5.54 Å². The molecule has 0 radical (unpaired) electrons. The van der Waals surface area contributed by atoms with Crippen molar-refractivity contribution in [3.8, 4) is 0 Å². The fourth-order valence-electron chi connectivity index (χ4n) is 1.88. The molecule has 3 heteroatoms. The van der Waals surface area contributed by atoms with E-state index in [1.54, 1.807) is 0 Å². The van der Waals surface area contributed by atoms with Crippen molar-refractivity contribution in [3.05, 3.63) is 0 Å². The fraction of sp³-hybridized carbons (Fsp3) is 1.00. The Kier molecular flexibility index (Phi) is 3.16. The SMILES string of the molecule is C1CC2(C1)CCOCCN2.Cl. The molecule has 1 saturated carbocycles. The first kappa shape index (κ1) is 9.30. The molecule has 1 aliphatic carbocycles. The van der Waals surface area contributed by atoms with E-state index in [0.717, 1.165) is 19.8 Å². The van der Waals surface area contributed by atoms with Crippen molar-refractivity contribution in [3.63, 3.8) is 0 Å².